The Morgan fingerprint density at radius 1 is 1.03 bits per heavy atom. The van der Waals surface area contributed by atoms with E-state index in [0.717, 1.165) is 12.1 Å². The zero-order valence-corrected chi connectivity index (χ0v) is 16.3. The van der Waals surface area contributed by atoms with E-state index in [1.807, 2.05) is 0 Å². The van der Waals surface area contributed by atoms with Crippen LogP contribution in [0.3, 0.4) is 0 Å². The van der Waals surface area contributed by atoms with Crippen LogP contribution in [0.2, 0.25) is 0 Å². The maximum Gasteiger partial charge on any atom is 0.338 e. The van der Waals surface area contributed by atoms with Gasteiger partial charge >= 0.3 is 5.97 Å². The molecule has 0 aliphatic carbocycles. The minimum absolute atomic E-state index is 0.0752. The van der Waals surface area contributed by atoms with Crippen LogP contribution < -0.4 is 19.7 Å². The van der Waals surface area contributed by atoms with Crippen molar-refractivity contribution >= 4 is 29.2 Å². The summed E-state index contributed by atoms with van der Waals surface area (Å²) in [7, 11) is 3.01. The van der Waals surface area contributed by atoms with Gasteiger partial charge in [-0.25, -0.2) is 4.79 Å². The van der Waals surface area contributed by atoms with Crippen LogP contribution in [0.25, 0.3) is 0 Å². The lowest BCUT2D eigenvalue weighted by molar-refractivity contribution is -0.119. The Kier molecular flexibility index (Phi) is 6.33. The number of hydrogen-bond acceptors (Lipinski definition) is 6. The topological polar surface area (TPSA) is 94.2 Å². The van der Waals surface area contributed by atoms with Crippen LogP contribution in [-0.4, -0.2) is 45.2 Å². The van der Waals surface area contributed by atoms with Gasteiger partial charge in [-0.2, -0.15) is 0 Å². The minimum Gasteiger partial charge on any atom is -0.497 e. The summed E-state index contributed by atoms with van der Waals surface area (Å²) in [5.41, 5.74) is 1.51. The van der Waals surface area contributed by atoms with Gasteiger partial charge in [0, 0.05) is 42.5 Å². The van der Waals surface area contributed by atoms with Gasteiger partial charge in [0.15, 0.2) is 6.61 Å². The highest BCUT2D eigenvalue weighted by atomic mass is 16.5. The number of nitrogens with zero attached hydrogens (tertiary/aromatic N) is 1. The Bertz CT molecular complexity index is 888. The Balaban J connectivity index is 1.55. The monoisotopic (exact) mass is 398 g/mol. The van der Waals surface area contributed by atoms with E-state index in [2.05, 4.69) is 5.32 Å². The fourth-order valence-corrected chi connectivity index (χ4v) is 2.99. The molecule has 0 saturated carbocycles. The van der Waals surface area contributed by atoms with Gasteiger partial charge in [0.05, 0.1) is 19.8 Å². The summed E-state index contributed by atoms with van der Waals surface area (Å²) in [6.07, 6.45) is 1.37. The molecule has 1 aliphatic heterocycles. The molecule has 8 nitrogen and oxygen atoms in total. The van der Waals surface area contributed by atoms with Crippen molar-refractivity contribution in [2.24, 2.45) is 0 Å². The van der Waals surface area contributed by atoms with Crippen molar-refractivity contribution in [3.05, 3.63) is 48.0 Å². The van der Waals surface area contributed by atoms with Crippen molar-refractivity contribution in [2.45, 2.75) is 12.8 Å². The van der Waals surface area contributed by atoms with Crippen molar-refractivity contribution in [1.29, 1.82) is 0 Å². The molecule has 1 fully saturated rings. The first-order chi connectivity index (χ1) is 14.0. The predicted octanol–water partition coefficient (Wildman–Crippen LogP) is 2.63. The second-order valence-electron chi connectivity index (χ2n) is 6.42. The molecular formula is C21H22N2O6. The standard InChI is InChI=1S/C21H22N2O6/c1-27-17-10-15(11-18(12-17)28-2)22-19(24)13-29-21(26)14-5-7-16(8-6-14)23-9-3-4-20(23)25/h5-8,10-12H,3-4,9,13H2,1-2H3,(H,22,24). The largest absolute Gasteiger partial charge is 0.497 e. The first-order valence-corrected chi connectivity index (χ1v) is 9.10. The number of ether oxygens (including phenoxy) is 3. The molecule has 152 valence electrons. The van der Waals surface area contributed by atoms with E-state index in [1.165, 1.54) is 14.2 Å². The third-order valence-corrected chi connectivity index (χ3v) is 4.46. The fourth-order valence-electron chi connectivity index (χ4n) is 2.99. The first kappa shape index (κ1) is 20.2. The number of anilines is 2. The van der Waals surface area contributed by atoms with E-state index < -0.39 is 18.5 Å². The molecule has 1 aliphatic rings. The summed E-state index contributed by atoms with van der Waals surface area (Å²) in [5, 5.41) is 2.63. The summed E-state index contributed by atoms with van der Waals surface area (Å²) in [5.74, 6) is 0.00298. The lowest BCUT2D eigenvalue weighted by atomic mass is 10.2. The minimum atomic E-state index is -0.623. The number of nitrogens with one attached hydrogen (secondary N) is 1. The van der Waals surface area contributed by atoms with Crippen LogP contribution in [-0.2, 0) is 14.3 Å². The molecule has 0 bridgehead atoms. The number of carbonyl (C=O) groups excluding carboxylic acids is 3. The number of amides is 2. The molecule has 1 saturated heterocycles. The van der Waals surface area contributed by atoms with Crippen LogP contribution in [0.5, 0.6) is 11.5 Å². The van der Waals surface area contributed by atoms with E-state index in [9.17, 15) is 14.4 Å². The van der Waals surface area contributed by atoms with Gasteiger partial charge < -0.3 is 24.4 Å². The third-order valence-electron chi connectivity index (χ3n) is 4.46. The average Bonchev–Trinajstić information content (AvgIpc) is 3.17. The lowest BCUT2D eigenvalue weighted by Crippen LogP contribution is -2.23. The maximum absolute atomic E-state index is 12.2. The van der Waals surface area contributed by atoms with Gasteiger partial charge in [-0.05, 0) is 30.7 Å². The number of esters is 1. The van der Waals surface area contributed by atoms with E-state index in [4.69, 9.17) is 14.2 Å². The van der Waals surface area contributed by atoms with Crippen LogP contribution in [0.1, 0.15) is 23.2 Å². The number of hydrogen-bond donors (Lipinski definition) is 1. The normalized spacial score (nSPS) is 13.2. The number of benzene rings is 2. The zero-order valence-electron chi connectivity index (χ0n) is 16.3. The lowest BCUT2D eigenvalue weighted by Gasteiger charge is -2.15. The molecule has 1 heterocycles. The van der Waals surface area contributed by atoms with Gasteiger partial charge in [-0.1, -0.05) is 0 Å². The molecular weight excluding hydrogens is 376 g/mol. The molecule has 2 aromatic rings. The second-order valence-corrected chi connectivity index (χ2v) is 6.42. The average molecular weight is 398 g/mol. The molecule has 0 spiro atoms. The van der Waals surface area contributed by atoms with Crippen molar-refractivity contribution in [1.82, 2.24) is 0 Å². The second kappa shape index (κ2) is 9.09. The van der Waals surface area contributed by atoms with Crippen molar-refractivity contribution in [3.8, 4) is 11.5 Å². The SMILES string of the molecule is COc1cc(NC(=O)COC(=O)c2ccc(N3CCCC3=O)cc2)cc(OC)c1. The first-order valence-electron chi connectivity index (χ1n) is 9.10. The summed E-state index contributed by atoms with van der Waals surface area (Å²) in [6, 6.07) is 11.5. The van der Waals surface area contributed by atoms with Gasteiger partial charge in [0.25, 0.3) is 5.91 Å². The van der Waals surface area contributed by atoms with Gasteiger partial charge in [-0.15, -0.1) is 0 Å². The van der Waals surface area contributed by atoms with E-state index in [1.54, 1.807) is 47.4 Å². The van der Waals surface area contributed by atoms with Crippen LogP contribution in [0.15, 0.2) is 42.5 Å². The highest BCUT2D eigenvalue weighted by Crippen LogP contribution is 2.26. The molecule has 0 aromatic heterocycles. The molecule has 3 rings (SSSR count). The number of methoxy groups -OCH3 is 2. The fraction of sp³-hybridized carbons (Fsp3) is 0.286. The van der Waals surface area contributed by atoms with Gasteiger partial charge in [0.1, 0.15) is 11.5 Å². The van der Waals surface area contributed by atoms with E-state index >= 15 is 0 Å². The molecule has 0 radical (unpaired) electrons. The van der Waals surface area contributed by atoms with Crippen LogP contribution in [0.4, 0.5) is 11.4 Å². The summed E-state index contributed by atoms with van der Waals surface area (Å²) >= 11 is 0. The Morgan fingerprint density at radius 2 is 1.69 bits per heavy atom. The van der Waals surface area contributed by atoms with E-state index in [0.29, 0.717) is 35.7 Å². The molecule has 8 heteroatoms. The van der Waals surface area contributed by atoms with Crippen LogP contribution in [0, 0.1) is 0 Å². The van der Waals surface area contributed by atoms with Crippen molar-refractivity contribution in [3.63, 3.8) is 0 Å². The molecule has 2 amide bonds. The van der Waals surface area contributed by atoms with E-state index in [-0.39, 0.29) is 5.91 Å². The smallest absolute Gasteiger partial charge is 0.338 e. The van der Waals surface area contributed by atoms with Gasteiger partial charge in [-0.3, -0.25) is 9.59 Å². The summed E-state index contributed by atoms with van der Waals surface area (Å²) in [6.45, 7) is 0.239. The Labute approximate surface area is 168 Å². The maximum atomic E-state index is 12.2. The molecule has 29 heavy (non-hydrogen) atoms. The number of carbonyl (C=O) groups is 3. The Morgan fingerprint density at radius 3 is 2.24 bits per heavy atom. The van der Waals surface area contributed by atoms with Crippen LogP contribution >= 0.6 is 0 Å². The predicted molar refractivity (Wildman–Crippen MR) is 106 cm³/mol. The highest BCUT2D eigenvalue weighted by Gasteiger charge is 2.22. The molecule has 0 atom stereocenters. The van der Waals surface area contributed by atoms with Crippen molar-refractivity contribution < 1.29 is 28.6 Å². The molecule has 2 aromatic carbocycles. The number of rotatable bonds is 7. The Hall–Kier alpha value is -3.55. The third kappa shape index (κ3) is 5.04. The quantitative estimate of drug-likeness (QED) is 0.721. The highest BCUT2D eigenvalue weighted by molar-refractivity contribution is 5.97. The summed E-state index contributed by atoms with van der Waals surface area (Å²) < 4.78 is 15.4. The zero-order chi connectivity index (χ0) is 20.8. The summed E-state index contributed by atoms with van der Waals surface area (Å²) in [4.78, 5) is 37.7. The molecule has 1 N–H and O–H groups in total. The molecule has 0 unspecified atom stereocenters. The van der Waals surface area contributed by atoms with Crippen molar-refractivity contribution in [2.75, 3.05) is 37.6 Å². The van der Waals surface area contributed by atoms with Gasteiger partial charge in [0.2, 0.25) is 5.91 Å².